The first-order chi connectivity index (χ1) is 11.6. The Morgan fingerprint density at radius 1 is 1.17 bits per heavy atom. The number of nitrogens with zero attached hydrogens (tertiary/aromatic N) is 1. The fourth-order valence-electron chi connectivity index (χ4n) is 2.53. The lowest BCUT2D eigenvalue weighted by molar-refractivity contribution is -0.146. The molecule has 0 unspecified atom stereocenters. The monoisotopic (exact) mass is 325 g/mol. The number of benzene rings is 2. The van der Waals surface area contributed by atoms with E-state index in [9.17, 15) is 4.79 Å². The number of carbonyl (C=O) groups excluding carboxylic acids is 1. The summed E-state index contributed by atoms with van der Waals surface area (Å²) in [6.45, 7) is 3.75. The zero-order valence-electron chi connectivity index (χ0n) is 13.9. The van der Waals surface area contributed by atoms with Crippen molar-refractivity contribution in [2.24, 2.45) is 0 Å². The summed E-state index contributed by atoms with van der Waals surface area (Å²) in [5.41, 5.74) is 1.52. The summed E-state index contributed by atoms with van der Waals surface area (Å²) in [6.07, 6.45) is 0. The summed E-state index contributed by atoms with van der Waals surface area (Å²) in [6, 6.07) is 13.5. The molecule has 2 aromatic carbocycles. The van der Waals surface area contributed by atoms with E-state index in [1.165, 1.54) is 0 Å². The molecular weight excluding hydrogens is 306 g/mol. The second kappa shape index (κ2) is 6.74. The van der Waals surface area contributed by atoms with Gasteiger partial charge >= 0.3 is 5.97 Å². The lowest BCUT2D eigenvalue weighted by Crippen LogP contribution is -2.13. The molecule has 0 N–H and O–H groups in total. The molecule has 0 fully saturated rings. The number of rotatable bonds is 5. The van der Waals surface area contributed by atoms with Crippen molar-refractivity contribution in [2.45, 2.75) is 26.4 Å². The number of hydrogen-bond donors (Lipinski definition) is 0. The van der Waals surface area contributed by atoms with Gasteiger partial charge in [-0.05, 0) is 42.3 Å². The van der Waals surface area contributed by atoms with E-state index in [2.05, 4.69) is 5.16 Å². The predicted molar refractivity (Wildman–Crippen MR) is 90.0 cm³/mol. The third-order valence-electron chi connectivity index (χ3n) is 3.96. The van der Waals surface area contributed by atoms with Gasteiger partial charge in [-0.3, -0.25) is 4.79 Å². The minimum Gasteiger partial charge on any atom is -0.497 e. The molecule has 24 heavy (non-hydrogen) atoms. The van der Waals surface area contributed by atoms with Crippen molar-refractivity contribution in [1.82, 2.24) is 5.16 Å². The third-order valence-corrected chi connectivity index (χ3v) is 3.96. The molecule has 0 saturated carbocycles. The molecule has 0 aliphatic rings. The van der Waals surface area contributed by atoms with Crippen LogP contribution in [0, 0.1) is 6.92 Å². The summed E-state index contributed by atoms with van der Waals surface area (Å²) >= 11 is 0. The van der Waals surface area contributed by atoms with E-state index in [1.54, 1.807) is 20.1 Å². The average molecular weight is 325 g/mol. The van der Waals surface area contributed by atoms with Crippen LogP contribution < -0.4 is 4.74 Å². The molecule has 0 spiro atoms. The van der Waals surface area contributed by atoms with E-state index >= 15 is 0 Å². The van der Waals surface area contributed by atoms with Crippen LogP contribution in [0.4, 0.5) is 0 Å². The smallest absolute Gasteiger partial charge is 0.313 e. The zero-order chi connectivity index (χ0) is 17.1. The Bertz CT molecular complexity index is 869. The van der Waals surface area contributed by atoms with E-state index in [4.69, 9.17) is 14.0 Å². The highest BCUT2D eigenvalue weighted by Gasteiger charge is 2.18. The van der Waals surface area contributed by atoms with Crippen LogP contribution in [0.15, 0.2) is 47.0 Å². The molecule has 0 aliphatic carbocycles. The van der Waals surface area contributed by atoms with Crippen molar-refractivity contribution >= 4 is 16.7 Å². The molecular formula is C19H19NO4. The number of esters is 1. The van der Waals surface area contributed by atoms with Crippen molar-refractivity contribution < 1.29 is 18.8 Å². The Labute approximate surface area is 140 Å². The largest absolute Gasteiger partial charge is 0.497 e. The van der Waals surface area contributed by atoms with Crippen molar-refractivity contribution in [2.75, 3.05) is 7.11 Å². The number of hydrogen-bond acceptors (Lipinski definition) is 5. The van der Waals surface area contributed by atoms with Crippen LogP contribution in [0.1, 0.15) is 29.9 Å². The lowest BCUT2D eigenvalue weighted by atomic mass is 9.98. The molecule has 1 atom stereocenters. The van der Waals surface area contributed by atoms with Crippen LogP contribution in [-0.4, -0.2) is 18.2 Å². The van der Waals surface area contributed by atoms with Crippen LogP contribution >= 0.6 is 0 Å². The molecule has 124 valence electrons. The normalized spacial score (nSPS) is 12.1. The quantitative estimate of drug-likeness (QED) is 0.664. The first-order valence-corrected chi connectivity index (χ1v) is 7.73. The van der Waals surface area contributed by atoms with Crippen molar-refractivity contribution in [3.63, 3.8) is 0 Å². The highest BCUT2D eigenvalue weighted by molar-refractivity contribution is 5.86. The summed E-state index contributed by atoms with van der Waals surface area (Å²) in [5.74, 6) is 0.859. The molecule has 1 aromatic heterocycles. The molecule has 0 aliphatic heterocycles. The number of aryl methyl sites for hydroxylation is 1. The Balaban J connectivity index is 1.72. The standard InChI is InChI=1S/C19H19NO4/c1-12-8-17(20-24-12)11-23-19(21)13(2)14-4-5-16-10-18(22-3)7-6-15(16)9-14/h4-10,13H,11H2,1-3H3/t13-/m0/s1. The van der Waals surface area contributed by atoms with Gasteiger partial charge in [0, 0.05) is 6.07 Å². The topological polar surface area (TPSA) is 61.6 Å². The number of carbonyl (C=O) groups is 1. The fourth-order valence-corrected chi connectivity index (χ4v) is 2.53. The van der Waals surface area contributed by atoms with E-state index in [-0.39, 0.29) is 18.5 Å². The highest BCUT2D eigenvalue weighted by Crippen LogP contribution is 2.26. The van der Waals surface area contributed by atoms with Crippen LogP contribution in [0.3, 0.4) is 0 Å². The molecule has 3 rings (SSSR count). The van der Waals surface area contributed by atoms with E-state index in [0.29, 0.717) is 11.5 Å². The molecule has 5 heteroatoms. The molecule has 0 amide bonds. The molecule has 0 saturated heterocycles. The van der Waals surface area contributed by atoms with Gasteiger partial charge in [-0.25, -0.2) is 0 Å². The SMILES string of the molecule is COc1ccc2cc([C@H](C)C(=O)OCc3cc(C)on3)ccc2c1. The third kappa shape index (κ3) is 3.40. The van der Waals surface area contributed by atoms with Crippen molar-refractivity contribution in [3.05, 3.63) is 59.5 Å². The van der Waals surface area contributed by atoms with Gasteiger partial charge in [-0.2, -0.15) is 0 Å². The van der Waals surface area contributed by atoms with Gasteiger partial charge in [-0.1, -0.05) is 29.4 Å². The molecule has 1 heterocycles. The first kappa shape index (κ1) is 16.1. The van der Waals surface area contributed by atoms with E-state index < -0.39 is 0 Å². The van der Waals surface area contributed by atoms with Gasteiger partial charge in [0.2, 0.25) is 0 Å². The number of aromatic nitrogens is 1. The minimum atomic E-state index is -0.357. The van der Waals surface area contributed by atoms with Crippen molar-refractivity contribution in [3.8, 4) is 5.75 Å². The van der Waals surface area contributed by atoms with Gasteiger partial charge < -0.3 is 14.0 Å². The molecule has 3 aromatic rings. The van der Waals surface area contributed by atoms with Crippen LogP contribution in [0.5, 0.6) is 5.75 Å². The summed E-state index contributed by atoms with van der Waals surface area (Å²) in [5, 5.41) is 5.94. The minimum absolute atomic E-state index is 0.116. The number of methoxy groups -OCH3 is 1. The zero-order valence-corrected chi connectivity index (χ0v) is 13.9. The van der Waals surface area contributed by atoms with E-state index in [1.807, 2.05) is 43.3 Å². The molecule has 0 radical (unpaired) electrons. The van der Waals surface area contributed by atoms with Gasteiger partial charge in [0.1, 0.15) is 23.8 Å². The second-order valence-electron chi connectivity index (χ2n) is 5.73. The van der Waals surface area contributed by atoms with Gasteiger partial charge in [-0.15, -0.1) is 0 Å². The van der Waals surface area contributed by atoms with Crippen LogP contribution in [0.25, 0.3) is 10.8 Å². The maximum atomic E-state index is 12.3. The van der Waals surface area contributed by atoms with E-state index in [0.717, 1.165) is 22.1 Å². The van der Waals surface area contributed by atoms with Gasteiger partial charge in [0.15, 0.2) is 0 Å². The van der Waals surface area contributed by atoms with Gasteiger partial charge in [0.05, 0.1) is 13.0 Å². The Kier molecular flexibility index (Phi) is 4.51. The predicted octanol–water partition coefficient (Wildman–Crippen LogP) is 3.99. The van der Waals surface area contributed by atoms with Crippen molar-refractivity contribution in [1.29, 1.82) is 0 Å². The van der Waals surface area contributed by atoms with Crippen LogP contribution in [-0.2, 0) is 16.1 Å². The number of fused-ring (bicyclic) bond motifs is 1. The highest BCUT2D eigenvalue weighted by atomic mass is 16.5. The fraction of sp³-hybridized carbons (Fsp3) is 0.263. The Morgan fingerprint density at radius 2 is 1.92 bits per heavy atom. The summed E-state index contributed by atoms with van der Waals surface area (Å²) in [4.78, 5) is 12.3. The second-order valence-corrected chi connectivity index (χ2v) is 5.73. The average Bonchev–Trinajstić information content (AvgIpc) is 3.03. The molecule has 5 nitrogen and oxygen atoms in total. The first-order valence-electron chi connectivity index (χ1n) is 7.73. The van der Waals surface area contributed by atoms with Gasteiger partial charge in [0.25, 0.3) is 0 Å². The summed E-state index contributed by atoms with van der Waals surface area (Å²) < 4.78 is 15.5. The summed E-state index contributed by atoms with van der Waals surface area (Å²) in [7, 11) is 1.64. The van der Waals surface area contributed by atoms with Crippen LogP contribution in [0.2, 0.25) is 0 Å². The Morgan fingerprint density at radius 3 is 2.62 bits per heavy atom. The Hall–Kier alpha value is -2.82. The maximum Gasteiger partial charge on any atom is 0.313 e. The molecule has 0 bridgehead atoms. The maximum absolute atomic E-state index is 12.3. The number of ether oxygens (including phenoxy) is 2. The lowest BCUT2D eigenvalue weighted by Gasteiger charge is -2.12.